The number of pyridine rings is 2. The van der Waals surface area contributed by atoms with Gasteiger partial charge < -0.3 is 15.5 Å². The maximum Gasteiger partial charge on any atom is 0.216 e. The molecular weight excluding hydrogens is 318 g/mol. The molecule has 2 amide bonds. The third-order valence-electron chi connectivity index (χ3n) is 3.70. The van der Waals surface area contributed by atoms with Crippen LogP contribution in [0.2, 0.25) is 0 Å². The van der Waals surface area contributed by atoms with Crippen molar-refractivity contribution < 1.29 is 9.59 Å². The standard InChI is InChI=1S/C18H23N5O2/c1-14-3-4-18(21-11-16-5-7-19-8-6-16)22-17(14)12-23(13-24)10-9-20-15(2)25/h3-8,13H,9-12H2,1-2H3,(H,20,25)(H,21,22). The molecule has 0 unspecified atom stereocenters. The fourth-order valence-corrected chi connectivity index (χ4v) is 2.26. The van der Waals surface area contributed by atoms with Crippen molar-refractivity contribution >= 4 is 18.1 Å². The maximum absolute atomic E-state index is 11.3. The number of carbonyl (C=O) groups excluding carboxylic acids is 2. The lowest BCUT2D eigenvalue weighted by Gasteiger charge is -2.19. The minimum Gasteiger partial charge on any atom is -0.366 e. The predicted molar refractivity (Wildman–Crippen MR) is 95.7 cm³/mol. The highest BCUT2D eigenvalue weighted by molar-refractivity contribution is 5.72. The first-order valence-electron chi connectivity index (χ1n) is 8.11. The van der Waals surface area contributed by atoms with E-state index in [1.54, 1.807) is 17.3 Å². The quantitative estimate of drug-likeness (QED) is 0.675. The largest absolute Gasteiger partial charge is 0.366 e. The second-order valence-electron chi connectivity index (χ2n) is 5.73. The van der Waals surface area contributed by atoms with E-state index in [1.165, 1.54) is 6.92 Å². The fraction of sp³-hybridized carbons (Fsp3) is 0.333. The predicted octanol–water partition coefficient (Wildman–Crippen LogP) is 1.49. The van der Waals surface area contributed by atoms with Gasteiger partial charge in [-0.2, -0.15) is 0 Å². The molecule has 0 bridgehead atoms. The summed E-state index contributed by atoms with van der Waals surface area (Å²) in [6.07, 6.45) is 4.28. The Morgan fingerprint density at radius 3 is 2.68 bits per heavy atom. The lowest BCUT2D eigenvalue weighted by Crippen LogP contribution is -2.33. The monoisotopic (exact) mass is 341 g/mol. The molecule has 2 N–H and O–H groups in total. The first-order chi connectivity index (χ1) is 12.1. The van der Waals surface area contributed by atoms with Crippen molar-refractivity contribution in [2.45, 2.75) is 26.9 Å². The summed E-state index contributed by atoms with van der Waals surface area (Å²) in [4.78, 5) is 32.4. The van der Waals surface area contributed by atoms with Crippen molar-refractivity contribution in [2.24, 2.45) is 0 Å². The van der Waals surface area contributed by atoms with Crippen molar-refractivity contribution in [1.82, 2.24) is 20.2 Å². The van der Waals surface area contributed by atoms with E-state index in [0.717, 1.165) is 29.0 Å². The van der Waals surface area contributed by atoms with E-state index < -0.39 is 0 Å². The number of anilines is 1. The summed E-state index contributed by atoms with van der Waals surface area (Å²) in [6, 6.07) is 7.78. The average Bonchev–Trinajstić information content (AvgIpc) is 2.62. The van der Waals surface area contributed by atoms with Crippen LogP contribution in [0, 0.1) is 6.92 Å². The van der Waals surface area contributed by atoms with Gasteiger partial charge in [0.25, 0.3) is 0 Å². The molecule has 2 aromatic rings. The molecule has 2 rings (SSSR count). The van der Waals surface area contributed by atoms with Crippen LogP contribution in [0.4, 0.5) is 5.82 Å². The summed E-state index contributed by atoms with van der Waals surface area (Å²) >= 11 is 0. The minimum absolute atomic E-state index is 0.109. The number of hydrogen-bond acceptors (Lipinski definition) is 5. The Bertz CT molecular complexity index is 706. The molecule has 0 atom stereocenters. The third-order valence-corrected chi connectivity index (χ3v) is 3.70. The molecular formula is C18H23N5O2. The van der Waals surface area contributed by atoms with Crippen LogP contribution in [0.25, 0.3) is 0 Å². The van der Waals surface area contributed by atoms with E-state index in [2.05, 4.69) is 20.6 Å². The van der Waals surface area contributed by atoms with Gasteiger partial charge in [-0.15, -0.1) is 0 Å². The Morgan fingerprint density at radius 2 is 2.00 bits per heavy atom. The number of nitrogens with one attached hydrogen (secondary N) is 2. The van der Waals surface area contributed by atoms with Gasteiger partial charge in [0, 0.05) is 39.0 Å². The van der Waals surface area contributed by atoms with E-state index >= 15 is 0 Å². The van der Waals surface area contributed by atoms with Gasteiger partial charge in [-0.3, -0.25) is 14.6 Å². The highest BCUT2D eigenvalue weighted by Gasteiger charge is 2.08. The van der Waals surface area contributed by atoms with E-state index in [0.29, 0.717) is 26.2 Å². The molecule has 0 aromatic carbocycles. The Balaban J connectivity index is 1.97. The number of rotatable bonds is 9. The molecule has 0 saturated heterocycles. The van der Waals surface area contributed by atoms with Crippen LogP contribution in [0.1, 0.15) is 23.7 Å². The second kappa shape index (κ2) is 9.36. The van der Waals surface area contributed by atoms with Crippen molar-refractivity contribution in [3.63, 3.8) is 0 Å². The molecule has 0 fully saturated rings. The van der Waals surface area contributed by atoms with Crippen molar-refractivity contribution in [2.75, 3.05) is 18.4 Å². The maximum atomic E-state index is 11.3. The molecule has 25 heavy (non-hydrogen) atoms. The van der Waals surface area contributed by atoms with Gasteiger partial charge in [0.2, 0.25) is 12.3 Å². The summed E-state index contributed by atoms with van der Waals surface area (Å²) in [6.45, 7) is 5.34. The molecule has 7 nitrogen and oxygen atoms in total. The topological polar surface area (TPSA) is 87.2 Å². The van der Waals surface area contributed by atoms with Crippen LogP contribution in [-0.2, 0) is 22.7 Å². The fourth-order valence-electron chi connectivity index (χ4n) is 2.26. The van der Waals surface area contributed by atoms with Gasteiger partial charge in [-0.05, 0) is 36.2 Å². The molecule has 0 radical (unpaired) electrons. The van der Waals surface area contributed by atoms with Crippen molar-refractivity contribution in [3.05, 3.63) is 53.5 Å². The summed E-state index contributed by atoms with van der Waals surface area (Å²) in [5.41, 5.74) is 2.96. The molecule has 2 aromatic heterocycles. The Morgan fingerprint density at radius 1 is 1.24 bits per heavy atom. The van der Waals surface area contributed by atoms with E-state index in [4.69, 9.17) is 0 Å². The Labute approximate surface area is 147 Å². The Kier molecular flexibility index (Phi) is 6.88. The van der Waals surface area contributed by atoms with Crippen molar-refractivity contribution in [1.29, 1.82) is 0 Å². The molecule has 0 aliphatic heterocycles. The van der Waals surface area contributed by atoms with E-state index in [9.17, 15) is 9.59 Å². The highest BCUT2D eigenvalue weighted by Crippen LogP contribution is 2.13. The normalized spacial score (nSPS) is 10.2. The van der Waals surface area contributed by atoms with Gasteiger partial charge in [0.05, 0.1) is 12.2 Å². The van der Waals surface area contributed by atoms with Crippen LogP contribution >= 0.6 is 0 Å². The molecule has 0 aliphatic carbocycles. The van der Waals surface area contributed by atoms with Crippen LogP contribution in [0.3, 0.4) is 0 Å². The van der Waals surface area contributed by atoms with Crippen molar-refractivity contribution in [3.8, 4) is 0 Å². The van der Waals surface area contributed by atoms with Crippen LogP contribution in [0.5, 0.6) is 0 Å². The first-order valence-corrected chi connectivity index (χ1v) is 8.11. The SMILES string of the molecule is CC(=O)NCCN(C=O)Cc1nc(NCc2ccncc2)ccc1C. The number of aromatic nitrogens is 2. The second-order valence-corrected chi connectivity index (χ2v) is 5.73. The third kappa shape index (κ3) is 6.21. The molecule has 7 heteroatoms. The number of nitrogens with zero attached hydrogens (tertiary/aromatic N) is 3. The van der Waals surface area contributed by atoms with Gasteiger partial charge in [-0.25, -0.2) is 4.98 Å². The molecule has 0 spiro atoms. The zero-order valence-corrected chi connectivity index (χ0v) is 14.5. The molecule has 0 aliphatic rings. The number of amides is 2. The Hall–Kier alpha value is -2.96. The molecule has 132 valence electrons. The molecule has 0 saturated carbocycles. The van der Waals surface area contributed by atoms with Gasteiger partial charge in [0.15, 0.2) is 0 Å². The minimum atomic E-state index is -0.109. The number of carbonyl (C=O) groups is 2. The highest BCUT2D eigenvalue weighted by atomic mass is 16.1. The smallest absolute Gasteiger partial charge is 0.216 e. The zero-order valence-electron chi connectivity index (χ0n) is 14.5. The van der Waals surface area contributed by atoms with Crippen LogP contribution < -0.4 is 10.6 Å². The van der Waals surface area contributed by atoms with Gasteiger partial charge >= 0.3 is 0 Å². The van der Waals surface area contributed by atoms with Crippen LogP contribution in [0.15, 0.2) is 36.7 Å². The summed E-state index contributed by atoms with van der Waals surface area (Å²) in [7, 11) is 0. The number of hydrogen-bond donors (Lipinski definition) is 2. The zero-order chi connectivity index (χ0) is 18.1. The summed E-state index contributed by atoms with van der Waals surface area (Å²) in [5.74, 6) is 0.646. The average molecular weight is 341 g/mol. The summed E-state index contributed by atoms with van der Waals surface area (Å²) < 4.78 is 0. The van der Waals surface area contributed by atoms with Gasteiger partial charge in [-0.1, -0.05) is 6.07 Å². The van der Waals surface area contributed by atoms with Gasteiger partial charge in [0.1, 0.15) is 5.82 Å². The van der Waals surface area contributed by atoms with Crippen LogP contribution in [-0.4, -0.2) is 40.3 Å². The summed E-state index contributed by atoms with van der Waals surface area (Å²) in [5, 5.41) is 5.96. The lowest BCUT2D eigenvalue weighted by atomic mass is 10.2. The first kappa shape index (κ1) is 18.4. The van der Waals surface area contributed by atoms with E-state index in [1.807, 2.05) is 31.2 Å². The molecule has 2 heterocycles. The lowest BCUT2D eigenvalue weighted by molar-refractivity contribution is -0.121. The van der Waals surface area contributed by atoms with E-state index in [-0.39, 0.29) is 5.91 Å². The number of aryl methyl sites for hydroxylation is 1.